The van der Waals surface area contributed by atoms with Gasteiger partial charge in [0, 0.05) is 21.9 Å². The number of carbonyl (C=O) groups excluding carboxylic acids is 1. The second-order valence-corrected chi connectivity index (χ2v) is 7.97. The fourth-order valence-corrected chi connectivity index (χ4v) is 4.53. The molecule has 3 rings (SSSR count). The molecule has 2 aromatic carbocycles. The SMILES string of the molecule is CCCc1sc(N(C(=O)CC)c2ccc(Cl)cc2Cl)nc1-c1ccccc1. The van der Waals surface area contributed by atoms with Gasteiger partial charge in [-0.05, 0) is 24.6 Å². The van der Waals surface area contributed by atoms with E-state index in [0.29, 0.717) is 27.3 Å². The number of thiazole rings is 1. The minimum absolute atomic E-state index is 0.0596. The second-order valence-electron chi connectivity index (χ2n) is 6.06. The van der Waals surface area contributed by atoms with Crippen LogP contribution in [-0.2, 0) is 11.2 Å². The van der Waals surface area contributed by atoms with Crippen molar-refractivity contribution in [1.82, 2.24) is 4.98 Å². The molecule has 0 aliphatic rings. The predicted molar refractivity (Wildman–Crippen MR) is 115 cm³/mol. The Morgan fingerprint density at radius 2 is 1.85 bits per heavy atom. The van der Waals surface area contributed by atoms with E-state index >= 15 is 0 Å². The van der Waals surface area contributed by atoms with Gasteiger partial charge in [-0.3, -0.25) is 9.69 Å². The van der Waals surface area contributed by atoms with E-state index in [0.717, 1.165) is 29.0 Å². The topological polar surface area (TPSA) is 33.2 Å². The van der Waals surface area contributed by atoms with E-state index in [1.807, 2.05) is 37.3 Å². The number of amides is 1. The first kappa shape index (κ1) is 19.9. The summed E-state index contributed by atoms with van der Waals surface area (Å²) in [4.78, 5) is 20.4. The maximum absolute atomic E-state index is 12.8. The summed E-state index contributed by atoms with van der Waals surface area (Å²) >= 11 is 14.0. The summed E-state index contributed by atoms with van der Waals surface area (Å²) < 4.78 is 0. The van der Waals surface area contributed by atoms with Crippen molar-refractivity contribution in [2.75, 3.05) is 4.90 Å². The van der Waals surface area contributed by atoms with E-state index < -0.39 is 0 Å². The first-order chi connectivity index (χ1) is 13.0. The molecule has 0 unspecified atom stereocenters. The van der Waals surface area contributed by atoms with Gasteiger partial charge in [-0.15, -0.1) is 11.3 Å². The zero-order valence-electron chi connectivity index (χ0n) is 15.2. The maximum atomic E-state index is 12.8. The smallest absolute Gasteiger partial charge is 0.233 e. The van der Waals surface area contributed by atoms with Crippen LogP contribution in [0.15, 0.2) is 48.5 Å². The van der Waals surface area contributed by atoms with E-state index in [1.54, 1.807) is 34.4 Å². The molecule has 0 radical (unpaired) electrons. The van der Waals surface area contributed by atoms with Crippen LogP contribution in [0.5, 0.6) is 0 Å². The molecule has 0 saturated heterocycles. The summed E-state index contributed by atoms with van der Waals surface area (Å²) in [6.07, 6.45) is 2.26. The lowest BCUT2D eigenvalue weighted by molar-refractivity contribution is -0.117. The van der Waals surface area contributed by atoms with Crippen molar-refractivity contribution in [3.63, 3.8) is 0 Å². The molecule has 1 heterocycles. The Labute approximate surface area is 173 Å². The highest BCUT2D eigenvalue weighted by Crippen LogP contribution is 2.40. The van der Waals surface area contributed by atoms with Gasteiger partial charge < -0.3 is 0 Å². The quantitative estimate of drug-likeness (QED) is 0.425. The van der Waals surface area contributed by atoms with Crippen LogP contribution in [-0.4, -0.2) is 10.9 Å². The number of benzene rings is 2. The van der Waals surface area contributed by atoms with Crippen LogP contribution >= 0.6 is 34.5 Å². The molecule has 27 heavy (non-hydrogen) atoms. The van der Waals surface area contributed by atoms with Gasteiger partial charge in [0.15, 0.2) is 5.13 Å². The molecule has 1 amide bonds. The van der Waals surface area contributed by atoms with Gasteiger partial charge in [0.05, 0.1) is 16.4 Å². The van der Waals surface area contributed by atoms with Crippen molar-refractivity contribution in [1.29, 1.82) is 0 Å². The van der Waals surface area contributed by atoms with Crippen LogP contribution < -0.4 is 4.90 Å². The van der Waals surface area contributed by atoms with Gasteiger partial charge in [-0.2, -0.15) is 0 Å². The molecule has 0 atom stereocenters. The molecule has 140 valence electrons. The minimum atomic E-state index is -0.0596. The third kappa shape index (κ3) is 4.34. The number of anilines is 2. The third-order valence-electron chi connectivity index (χ3n) is 4.10. The van der Waals surface area contributed by atoms with Gasteiger partial charge in [-0.25, -0.2) is 4.98 Å². The molecule has 0 aliphatic heterocycles. The number of halogens is 2. The Bertz CT molecular complexity index is 941. The first-order valence-electron chi connectivity index (χ1n) is 8.88. The minimum Gasteiger partial charge on any atom is -0.274 e. The molecule has 0 bridgehead atoms. The second kappa shape index (κ2) is 8.87. The van der Waals surface area contributed by atoms with Gasteiger partial charge >= 0.3 is 0 Å². The average Bonchev–Trinajstić information content (AvgIpc) is 3.08. The van der Waals surface area contributed by atoms with E-state index in [1.165, 1.54) is 0 Å². The summed E-state index contributed by atoms with van der Waals surface area (Å²) in [6.45, 7) is 3.97. The highest BCUT2D eigenvalue weighted by Gasteiger charge is 2.24. The fourth-order valence-electron chi connectivity index (χ4n) is 2.82. The molecular formula is C21H20Cl2N2OS. The van der Waals surface area contributed by atoms with E-state index in [9.17, 15) is 4.79 Å². The number of nitrogens with zero attached hydrogens (tertiary/aromatic N) is 2. The third-order valence-corrected chi connectivity index (χ3v) is 5.74. The molecule has 0 spiro atoms. The largest absolute Gasteiger partial charge is 0.274 e. The Balaban J connectivity index is 2.14. The number of rotatable bonds is 6. The van der Waals surface area contributed by atoms with E-state index in [2.05, 4.69) is 6.92 Å². The average molecular weight is 419 g/mol. The van der Waals surface area contributed by atoms with Crippen molar-refractivity contribution in [3.8, 4) is 11.3 Å². The lowest BCUT2D eigenvalue weighted by Gasteiger charge is -2.20. The highest BCUT2D eigenvalue weighted by atomic mass is 35.5. The van der Waals surface area contributed by atoms with Crippen LogP contribution in [0.4, 0.5) is 10.8 Å². The van der Waals surface area contributed by atoms with Gasteiger partial charge in [0.25, 0.3) is 0 Å². The fraction of sp³-hybridized carbons (Fsp3) is 0.238. The van der Waals surface area contributed by atoms with E-state index in [-0.39, 0.29) is 5.91 Å². The van der Waals surface area contributed by atoms with Crippen LogP contribution in [0.25, 0.3) is 11.3 Å². The summed E-state index contributed by atoms with van der Waals surface area (Å²) in [5.41, 5.74) is 2.58. The van der Waals surface area contributed by atoms with Crippen molar-refractivity contribution in [2.24, 2.45) is 0 Å². The van der Waals surface area contributed by atoms with Gasteiger partial charge in [0.1, 0.15) is 0 Å². The molecule has 0 N–H and O–H groups in total. The zero-order valence-corrected chi connectivity index (χ0v) is 17.5. The van der Waals surface area contributed by atoms with Crippen LogP contribution in [0.3, 0.4) is 0 Å². The standard InChI is InChI=1S/C21H20Cl2N2OS/c1-3-8-18-20(14-9-6-5-7-10-14)24-21(27-18)25(19(26)4-2)17-12-11-15(22)13-16(17)23/h5-7,9-13H,3-4,8H2,1-2H3. The predicted octanol–water partition coefficient (Wildman–Crippen LogP) is 7.14. The van der Waals surface area contributed by atoms with E-state index in [4.69, 9.17) is 28.2 Å². The molecule has 0 fully saturated rings. The van der Waals surface area contributed by atoms with Gasteiger partial charge in [0.2, 0.25) is 5.91 Å². The van der Waals surface area contributed by atoms with Crippen molar-refractivity contribution < 1.29 is 4.79 Å². The molecule has 1 aromatic heterocycles. The van der Waals surface area contributed by atoms with Crippen LogP contribution in [0, 0.1) is 0 Å². The molecule has 3 aromatic rings. The Kier molecular flexibility index (Phi) is 6.53. The van der Waals surface area contributed by atoms with Crippen molar-refractivity contribution >= 4 is 51.3 Å². The molecular weight excluding hydrogens is 399 g/mol. The summed E-state index contributed by atoms with van der Waals surface area (Å²) in [5.74, 6) is -0.0596. The number of hydrogen-bond donors (Lipinski definition) is 0. The Morgan fingerprint density at radius 1 is 1.11 bits per heavy atom. The van der Waals surface area contributed by atoms with Gasteiger partial charge in [-0.1, -0.05) is 73.8 Å². The summed E-state index contributed by atoms with van der Waals surface area (Å²) in [5, 5.41) is 1.59. The summed E-state index contributed by atoms with van der Waals surface area (Å²) in [7, 11) is 0. The lowest BCUT2D eigenvalue weighted by Crippen LogP contribution is -2.25. The molecule has 3 nitrogen and oxygen atoms in total. The highest BCUT2D eigenvalue weighted by molar-refractivity contribution is 7.16. The molecule has 0 aliphatic carbocycles. The Hall–Kier alpha value is -1.88. The lowest BCUT2D eigenvalue weighted by atomic mass is 10.1. The number of carbonyl (C=O) groups is 1. The normalized spacial score (nSPS) is 10.8. The molecule has 6 heteroatoms. The Morgan fingerprint density at radius 3 is 2.48 bits per heavy atom. The molecule has 0 saturated carbocycles. The number of aromatic nitrogens is 1. The number of aryl methyl sites for hydroxylation is 1. The maximum Gasteiger partial charge on any atom is 0.233 e. The monoisotopic (exact) mass is 418 g/mol. The van der Waals surface area contributed by atoms with Crippen molar-refractivity contribution in [3.05, 3.63) is 63.5 Å². The van der Waals surface area contributed by atoms with Crippen molar-refractivity contribution in [2.45, 2.75) is 33.1 Å². The zero-order chi connectivity index (χ0) is 19.4. The number of hydrogen-bond acceptors (Lipinski definition) is 3. The van der Waals surface area contributed by atoms with Crippen LogP contribution in [0.2, 0.25) is 10.0 Å². The first-order valence-corrected chi connectivity index (χ1v) is 10.5. The summed E-state index contributed by atoms with van der Waals surface area (Å²) in [6, 6.07) is 15.2. The van der Waals surface area contributed by atoms with Crippen LogP contribution in [0.1, 0.15) is 31.6 Å².